The first kappa shape index (κ1) is 20.6. The summed E-state index contributed by atoms with van der Waals surface area (Å²) in [7, 11) is 0. The van der Waals surface area contributed by atoms with Crippen LogP contribution in [0.5, 0.6) is 0 Å². The van der Waals surface area contributed by atoms with Crippen LogP contribution in [0, 0.1) is 0 Å². The third-order valence-electron chi connectivity index (χ3n) is 8.39. The fourth-order valence-corrected chi connectivity index (χ4v) is 8.00. The average Bonchev–Trinajstić information content (AvgIpc) is 3.65. The Bertz CT molecular complexity index is 2280. The number of fused-ring (bicyclic) bond motifs is 12. The van der Waals surface area contributed by atoms with Crippen LogP contribution in [0.3, 0.4) is 0 Å². The van der Waals surface area contributed by atoms with Gasteiger partial charge in [-0.05, 0) is 46.5 Å². The van der Waals surface area contributed by atoms with Gasteiger partial charge < -0.3 is 4.57 Å². The first-order valence-corrected chi connectivity index (χ1v) is 13.8. The van der Waals surface area contributed by atoms with E-state index in [1.165, 1.54) is 59.8 Å². The van der Waals surface area contributed by atoms with E-state index in [0.717, 1.165) is 16.0 Å². The van der Waals surface area contributed by atoms with Crippen molar-refractivity contribution >= 4 is 59.2 Å². The molecule has 0 fully saturated rings. The average molecular weight is 507 g/mol. The number of aromatic nitrogens is 4. The quantitative estimate of drug-likeness (QED) is 0.224. The molecule has 0 saturated heterocycles. The van der Waals surface area contributed by atoms with E-state index in [0.29, 0.717) is 0 Å². The molecule has 0 saturated carbocycles. The third-order valence-corrected chi connectivity index (χ3v) is 9.59. The van der Waals surface area contributed by atoms with Crippen molar-refractivity contribution in [2.75, 3.05) is 0 Å². The second-order valence-corrected chi connectivity index (χ2v) is 11.7. The van der Waals surface area contributed by atoms with Crippen molar-refractivity contribution in [3.05, 3.63) is 108 Å². The summed E-state index contributed by atoms with van der Waals surface area (Å²) in [5, 5.41) is 8.36. The summed E-state index contributed by atoms with van der Waals surface area (Å²) >= 11 is 1.78. The van der Waals surface area contributed by atoms with Crippen LogP contribution in [0.2, 0.25) is 0 Å². The fourth-order valence-electron chi connectivity index (χ4n) is 6.79. The maximum Gasteiger partial charge on any atom is 0.155 e. The molecule has 4 aromatic heterocycles. The van der Waals surface area contributed by atoms with E-state index < -0.39 is 0 Å². The number of para-hydroxylation sites is 1. The van der Waals surface area contributed by atoms with Crippen molar-refractivity contribution in [3.8, 4) is 16.8 Å². The molecular weight excluding hydrogens is 484 g/mol. The highest BCUT2D eigenvalue weighted by Crippen LogP contribution is 2.53. The summed E-state index contributed by atoms with van der Waals surface area (Å²) in [6, 6.07) is 33.0. The minimum Gasteiger partial charge on any atom is -0.307 e. The Morgan fingerprint density at radius 1 is 0.737 bits per heavy atom. The number of hydrogen-bond donors (Lipinski definition) is 0. The van der Waals surface area contributed by atoms with Gasteiger partial charge in [0.1, 0.15) is 10.3 Å². The number of imidazole rings is 1. The highest BCUT2D eigenvalue weighted by atomic mass is 32.1. The van der Waals surface area contributed by atoms with Gasteiger partial charge in [0, 0.05) is 27.8 Å². The molecule has 180 valence electrons. The zero-order chi connectivity index (χ0) is 25.2. The van der Waals surface area contributed by atoms with Crippen molar-refractivity contribution in [1.82, 2.24) is 19.2 Å². The Morgan fingerprint density at radius 2 is 1.58 bits per heavy atom. The van der Waals surface area contributed by atoms with E-state index >= 15 is 0 Å². The molecule has 0 unspecified atom stereocenters. The Kier molecular flexibility index (Phi) is 3.72. The molecule has 0 N–H and O–H groups in total. The van der Waals surface area contributed by atoms with Crippen LogP contribution in [-0.4, -0.2) is 19.2 Å². The predicted molar refractivity (Wildman–Crippen MR) is 158 cm³/mol. The van der Waals surface area contributed by atoms with Gasteiger partial charge >= 0.3 is 0 Å². The van der Waals surface area contributed by atoms with E-state index in [1.807, 2.05) is 22.8 Å². The smallest absolute Gasteiger partial charge is 0.155 e. The standard InChI is InChI=1S/C33H22N4S/c1-33(2)24-12-5-3-9-19(24)21-16-17-22-20-10-4-6-13-25(20)36(30(22)28(21)33)26-14-7-11-23-29-32(38-31(23)26)37-27(35-29)15-8-18-34-37/h3-18H,1-2H3. The van der Waals surface area contributed by atoms with Gasteiger partial charge in [-0.3, -0.25) is 0 Å². The Hall–Kier alpha value is -4.48. The summed E-state index contributed by atoms with van der Waals surface area (Å²) in [5.74, 6) is 0. The minimum atomic E-state index is -0.114. The molecule has 0 bridgehead atoms. The van der Waals surface area contributed by atoms with Gasteiger partial charge in [-0.1, -0.05) is 80.6 Å². The summed E-state index contributed by atoms with van der Waals surface area (Å²) in [6.45, 7) is 4.75. The maximum absolute atomic E-state index is 4.96. The topological polar surface area (TPSA) is 35.1 Å². The molecular formula is C33H22N4S. The summed E-state index contributed by atoms with van der Waals surface area (Å²) < 4.78 is 5.71. The molecule has 4 nitrogen and oxygen atoms in total. The first-order valence-electron chi connectivity index (χ1n) is 12.9. The Morgan fingerprint density at radius 3 is 2.53 bits per heavy atom. The molecule has 0 aliphatic heterocycles. The molecule has 8 aromatic rings. The largest absolute Gasteiger partial charge is 0.307 e. The maximum atomic E-state index is 4.96. The highest BCUT2D eigenvalue weighted by Gasteiger charge is 2.38. The molecule has 4 aromatic carbocycles. The molecule has 0 atom stereocenters. The van der Waals surface area contributed by atoms with Gasteiger partial charge in [-0.25, -0.2) is 9.50 Å². The zero-order valence-electron chi connectivity index (χ0n) is 20.9. The van der Waals surface area contributed by atoms with Gasteiger partial charge in [0.05, 0.1) is 21.4 Å². The Labute approximate surface area is 222 Å². The van der Waals surface area contributed by atoms with E-state index in [1.54, 1.807) is 11.3 Å². The molecule has 1 aliphatic carbocycles. The third kappa shape index (κ3) is 2.36. The van der Waals surface area contributed by atoms with Crippen LogP contribution in [0.25, 0.3) is 64.7 Å². The lowest BCUT2D eigenvalue weighted by Gasteiger charge is -2.23. The normalized spacial score (nSPS) is 14.3. The van der Waals surface area contributed by atoms with Crippen LogP contribution in [0.15, 0.2) is 97.2 Å². The lowest BCUT2D eigenvalue weighted by molar-refractivity contribution is 0.664. The Balaban J connectivity index is 1.47. The molecule has 1 aliphatic rings. The molecule has 38 heavy (non-hydrogen) atoms. The zero-order valence-corrected chi connectivity index (χ0v) is 21.8. The summed E-state index contributed by atoms with van der Waals surface area (Å²) in [5.41, 5.74) is 11.0. The van der Waals surface area contributed by atoms with Crippen LogP contribution in [-0.2, 0) is 5.41 Å². The lowest BCUT2D eigenvalue weighted by Crippen LogP contribution is -2.16. The van der Waals surface area contributed by atoms with Gasteiger partial charge in [0.25, 0.3) is 0 Å². The summed E-state index contributed by atoms with van der Waals surface area (Å²) in [6.07, 6.45) is 1.83. The number of hydrogen-bond acceptors (Lipinski definition) is 3. The van der Waals surface area contributed by atoms with Crippen molar-refractivity contribution < 1.29 is 0 Å². The molecule has 0 amide bonds. The predicted octanol–water partition coefficient (Wildman–Crippen LogP) is 8.50. The number of rotatable bonds is 1. The highest BCUT2D eigenvalue weighted by molar-refractivity contribution is 7.25. The van der Waals surface area contributed by atoms with E-state index in [9.17, 15) is 0 Å². The first-order chi connectivity index (χ1) is 18.6. The number of nitrogens with zero attached hydrogens (tertiary/aromatic N) is 4. The van der Waals surface area contributed by atoms with Crippen LogP contribution < -0.4 is 0 Å². The monoisotopic (exact) mass is 506 g/mol. The van der Waals surface area contributed by atoms with Gasteiger partial charge in [0.15, 0.2) is 5.65 Å². The summed E-state index contributed by atoms with van der Waals surface area (Å²) in [4.78, 5) is 6.05. The fraction of sp³-hybridized carbons (Fsp3) is 0.0909. The van der Waals surface area contributed by atoms with Crippen molar-refractivity contribution in [3.63, 3.8) is 0 Å². The second-order valence-electron chi connectivity index (χ2n) is 10.7. The van der Waals surface area contributed by atoms with Crippen molar-refractivity contribution in [1.29, 1.82) is 0 Å². The minimum absolute atomic E-state index is 0.114. The van der Waals surface area contributed by atoms with Crippen LogP contribution in [0.4, 0.5) is 0 Å². The lowest BCUT2D eigenvalue weighted by atomic mass is 9.81. The van der Waals surface area contributed by atoms with Crippen LogP contribution >= 0.6 is 11.3 Å². The molecule has 0 radical (unpaired) electrons. The van der Waals surface area contributed by atoms with Crippen molar-refractivity contribution in [2.24, 2.45) is 0 Å². The van der Waals surface area contributed by atoms with E-state index in [4.69, 9.17) is 4.98 Å². The molecule has 5 heteroatoms. The van der Waals surface area contributed by atoms with Gasteiger partial charge in [-0.15, -0.1) is 11.3 Å². The molecule has 0 spiro atoms. The van der Waals surface area contributed by atoms with E-state index in [-0.39, 0.29) is 5.41 Å². The van der Waals surface area contributed by atoms with Crippen LogP contribution in [0.1, 0.15) is 25.0 Å². The van der Waals surface area contributed by atoms with Gasteiger partial charge in [-0.2, -0.15) is 5.10 Å². The second kappa shape index (κ2) is 6.88. The number of thiophene rings is 1. The molecule has 9 rings (SSSR count). The number of benzene rings is 4. The van der Waals surface area contributed by atoms with Crippen molar-refractivity contribution in [2.45, 2.75) is 19.3 Å². The SMILES string of the molecule is CC1(C)c2ccccc2-c2ccc3c4ccccc4n(-c4cccc5c4sc4c5nc5cccnn54)c3c21. The molecule has 4 heterocycles. The van der Waals surface area contributed by atoms with Gasteiger partial charge in [0.2, 0.25) is 0 Å². The van der Waals surface area contributed by atoms with E-state index in [2.05, 4.69) is 102 Å².